The lowest BCUT2D eigenvalue weighted by atomic mass is 10.0. The van der Waals surface area contributed by atoms with E-state index in [4.69, 9.17) is 4.74 Å². The zero-order valence-corrected chi connectivity index (χ0v) is 14.5. The molecule has 4 nitrogen and oxygen atoms in total. The minimum atomic E-state index is -0.0262. The second kappa shape index (κ2) is 8.62. The number of aliphatic hydroxyl groups excluding tert-OH is 1. The normalized spacial score (nSPS) is 12.0. The highest BCUT2D eigenvalue weighted by atomic mass is 16.5. The van der Waals surface area contributed by atoms with Crippen molar-refractivity contribution in [3.8, 4) is 11.1 Å². The molecule has 1 amide bonds. The Morgan fingerprint density at radius 2 is 1.83 bits per heavy atom. The average Bonchev–Trinajstić information content (AvgIpc) is 2.61. The van der Waals surface area contributed by atoms with Crippen molar-refractivity contribution in [3.63, 3.8) is 0 Å². The van der Waals surface area contributed by atoms with Crippen molar-refractivity contribution in [2.24, 2.45) is 0 Å². The molecule has 0 unspecified atom stereocenters. The number of likely N-dealkylation sites (N-methyl/N-ethyl adjacent to an activating group) is 1. The highest BCUT2D eigenvalue weighted by Crippen LogP contribution is 2.22. The third-order valence-electron chi connectivity index (χ3n) is 3.88. The van der Waals surface area contributed by atoms with Crippen LogP contribution in [0.2, 0.25) is 0 Å². The van der Waals surface area contributed by atoms with Gasteiger partial charge in [0.05, 0.1) is 12.7 Å². The van der Waals surface area contributed by atoms with Gasteiger partial charge < -0.3 is 14.7 Å². The molecule has 4 heteroatoms. The van der Waals surface area contributed by atoms with Crippen LogP contribution in [0.5, 0.6) is 0 Å². The maximum absolute atomic E-state index is 12.6. The summed E-state index contributed by atoms with van der Waals surface area (Å²) in [5.41, 5.74) is 3.45. The standard InChI is InChI=1S/C20H25NO3/c1-4-24-15(2)13-21(3)20(23)19-10-6-9-18(12-19)17-8-5-7-16(11-17)14-22/h5-12,15,22H,4,13-14H2,1-3H3/t15-/m0/s1. The van der Waals surface area contributed by atoms with Gasteiger partial charge >= 0.3 is 0 Å². The van der Waals surface area contributed by atoms with Gasteiger partial charge in [-0.15, -0.1) is 0 Å². The Kier molecular flexibility index (Phi) is 6.53. The topological polar surface area (TPSA) is 49.8 Å². The summed E-state index contributed by atoms with van der Waals surface area (Å²) >= 11 is 0. The van der Waals surface area contributed by atoms with Gasteiger partial charge in [-0.25, -0.2) is 0 Å². The van der Waals surface area contributed by atoms with Crippen LogP contribution < -0.4 is 0 Å². The Hall–Kier alpha value is -2.17. The van der Waals surface area contributed by atoms with E-state index in [0.29, 0.717) is 18.7 Å². The third-order valence-corrected chi connectivity index (χ3v) is 3.88. The van der Waals surface area contributed by atoms with Gasteiger partial charge in [-0.1, -0.05) is 30.3 Å². The van der Waals surface area contributed by atoms with Crippen LogP contribution in [0.1, 0.15) is 29.8 Å². The number of carbonyl (C=O) groups is 1. The number of hydrogen-bond acceptors (Lipinski definition) is 3. The van der Waals surface area contributed by atoms with E-state index in [9.17, 15) is 9.90 Å². The van der Waals surface area contributed by atoms with Gasteiger partial charge in [0.2, 0.25) is 0 Å². The van der Waals surface area contributed by atoms with Crippen LogP contribution in [0, 0.1) is 0 Å². The van der Waals surface area contributed by atoms with Crippen molar-refractivity contribution in [1.82, 2.24) is 4.90 Å². The van der Waals surface area contributed by atoms with Crippen LogP contribution in [0.25, 0.3) is 11.1 Å². The van der Waals surface area contributed by atoms with Crippen molar-refractivity contribution < 1.29 is 14.6 Å². The maximum Gasteiger partial charge on any atom is 0.253 e. The summed E-state index contributed by atoms with van der Waals surface area (Å²) in [6.45, 7) is 5.10. The van der Waals surface area contributed by atoms with Crippen LogP contribution in [0.3, 0.4) is 0 Å². The molecule has 1 N–H and O–H groups in total. The summed E-state index contributed by atoms with van der Waals surface area (Å²) in [5, 5.41) is 9.28. The molecule has 0 bridgehead atoms. The van der Waals surface area contributed by atoms with E-state index in [1.165, 1.54) is 0 Å². The van der Waals surface area contributed by atoms with Gasteiger partial charge in [0.15, 0.2) is 0 Å². The molecule has 0 fully saturated rings. The number of nitrogens with zero attached hydrogens (tertiary/aromatic N) is 1. The Morgan fingerprint density at radius 3 is 2.50 bits per heavy atom. The number of benzene rings is 2. The summed E-state index contributed by atoms with van der Waals surface area (Å²) in [7, 11) is 1.79. The molecule has 128 valence electrons. The molecule has 0 aliphatic rings. The van der Waals surface area contributed by atoms with Gasteiger partial charge in [0, 0.05) is 25.8 Å². The summed E-state index contributed by atoms with van der Waals surface area (Å²) < 4.78 is 5.50. The van der Waals surface area contributed by atoms with E-state index in [0.717, 1.165) is 16.7 Å². The number of amides is 1. The molecule has 24 heavy (non-hydrogen) atoms. The molecule has 2 rings (SSSR count). The van der Waals surface area contributed by atoms with Crippen LogP contribution in [0.4, 0.5) is 0 Å². The summed E-state index contributed by atoms with van der Waals surface area (Å²) in [4.78, 5) is 14.3. The highest BCUT2D eigenvalue weighted by Gasteiger charge is 2.15. The predicted molar refractivity (Wildman–Crippen MR) is 95.8 cm³/mol. The van der Waals surface area contributed by atoms with E-state index in [-0.39, 0.29) is 18.6 Å². The van der Waals surface area contributed by atoms with Crippen molar-refractivity contribution in [2.45, 2.75) is 26.6 Å². The Bertz CT molecular complexity index is 684. The molecule has 0 saturated heterocycles. The van der Waals surface area contributed by atoms with Crippen molar-refractivity contribution in [2.75, 3.05) is 20.2 Å². The second-order valence-corrected chi connectivity index (χ2v) is 5.89. The number of ether oxygens (including phenoxy) is 1. The molecule has 1 atom stereocenters. The van der Waals surface area contributed by atoms with Gasteiger partial charge in [-0.3, -0.25) is 4.79 Å². The first-order valence-electron chi connectivity index (χ1n) is 8.22. The van der Waals surface area contributed by atoms with Crippen LogP contribution in [-0.2, 0) is 11.3 Å². The lowest BCUT2D eigenvalue weighted by molar-refractivity contribution is 0.0436. The molecule has 0 aliphatic heterocycles. The van der Waals surface area contributed by atoms with E-state index in [2.05, 4.69) is 0 Å². The minimum absolute atomic E-state index is 0.00448. The number of aliphatic hydroxyl groups is 1. The molecular formula is C20H25NO3. The Labute approximate surface area is 143 Å². The molecule has 0 aromatic heterocycles. The third kappa shape index (κ3) is 4.66. The summed E-state index contributed by atoms with van der Waals surface area (Å²) in [6, 6.07) is 15.3. The van der Waals surface area contributed by atoms with E-state index in [1.807, 2.05) is 62.4 Å². The van der Waals surface area contributed by atoms with Crippen LogP contribution in [0.15, 0.2) is 48.5 Å². The average molecular weight is 327 g/mol. The number of carbonyl (C=O) groups excluding carboxylic acids is 1. The molecule has 0 heterocycles. The summed E-state index contributed by atoms with van der Waals surface area (Å²) in [6.07, 6.45) is 0.00775. The smallest absolute Gasteiger partial charge is 0.253 e. The fourth-order valence-electron chi connectivity index (χ4n) is 2.71. The zero-order valence-electron chi connectivity index (χ0n) is 14.5. The van der Waals surface area contributed by atoms with E-state index in [1.54, 1.807) is 11.9 Å². The molecule has 0 saturated carbocycles. The van der Waals surface area contributed by atoms with Crippen molar-refractivity contribution in [1.29, 1.82) is 0 Å². The highest BCUT2D eigenvalue weighted by molar-refractivity contribution is 5.95. The first-order valence-corrected chi connectivity index (χ1v) is 8.22. The molecule has 2 aromatic rings. The fourth-order valence-corrected chi connectivity index (χ4v) is 2.71. The second-order valence-electron chi connectivity index (χ2n) is 5.89. The van der Waals surface area contributed by atoms with Crippen molar-refractivity contribution >= 4 is 5.91 Å². The first-order chi connectivity index (χ1) is 11.5. The van der Waals surface area contributed by atoms with Gasteiger partial charge in [0.1, 0.15) is 0 Å². The van der Waals surface area contributed by atoms with Gasteiger partial charge in [-0.2, -0.15) is 0 Å². The molecule has 0 aliphatic carbocycles. The molecule has 0 radical (unpaired) electrons. The molecular weight excluding hydrogens is 302 g/mol. The zero-order chi connectivity index (χ0) is 17.5. The first kappa shape index (κ1) is 18.2. The molecule has 2 aromatic carbocycles. The monoisotopic (exact) mass is 327 g/mol. The largest absolute Gasteiger partial charge is 0.392 e. The Balaban J connectivity index is 2.18. The predicted octanol–water partition coefficient (Wildman–Crippen LogP) is 3.34. The number of rotatable bonds is 7. The van der Waals surface area contributed by atoms with Gasteiger partial charge in [-0.05, 0) is 48.7 Å². The van der Waals surface area contributed by atoms with Crippen LogP contribution >= 0.6 is 0 Å². The maximum atomic E-state index is 12.6. The minimum Gasteiger partial charge on any atom is -0.392 e. The van der Waals surface area contributed by atoms with Crippen LogP contribution in [-0.4, -0.2) is 42.2 Å². The SMILES string of the molecule is CCO[C@@H](C)CN(C)C(=O)c1cccc(-c2cccc(CO)c2)c1. The summed E-state index contributed by atoms with van der Waals surface area (Å²) in [5.74, 6) is -0.0262. The quantitative estimate of drug-likeness (QED) is 0.848. The number of hydrogen-bond donors (Lipinski definition) is 1. The van der Waals surface area contributed by atoms with Gasteiger partial charge in [0.25, 0.3) is 5.91 Å². The van der Waals surface area contributed by atoms with E-state index < -0.39 is 0 Å². The van der Waals surface area contributed by atoms with E-state index >= 15 is 0 Å². The Morgan fingerprint density at radius 1 is 1.17 bits per heavy atom. The lowest BCUT2D eigenvalue weighted by Crippen LogP contribution is -2.34. The van der Waals surface area contributed by atoms with Crippen molar-refractivity contribution in [3.05, 3.63) is 59.7 Å². The molecule has 0 spiro atoms. The lowest BCUT2D eigenvalue weighted by Gasteiger charge is -2.21. The fraction of sp³-hybridized carbons (Fsp3) is 0.350.